The van der Waals surface area contributed by atoms with E-state index in [9.17, 15) is 14.3 Å². The van der Waals surface area contributed by atoms with Gasteiger partial charge < -0.3 is 5.11 Å². The summed E-state index contributed by atoms with van der Waals surface area (Å²) in [5.74, 6) is -2.71. The Morgan fingerprint density at radius 3 is 2.65 bits per heavy atom. The maximum Gasteiger partial charge on any atom is 0.311 e. The van der Waals surface area contributed by atoms with Crippen molar-refractivity contribution in [2.45, 2.75) is 12.3 Å². The summed E-state index contributed by atoms with van der Waals surface area (Å²) in [5.41, 5.74) is 0.623. The Labute approximate surface area is 125 Å². The van der Waals surface area contributed by atoms with Gasteiger partial charge in [0, 0.05) is 16.8 Å². The SMILES string of the molecule is O=C(O)C(Cc1cnc(Cl)cc1Cl)c1ccccc1F. The van der Waals surface area contributed by atoms with E-state index in [4.69, 9.17) is 23.2 Å². The minimum Gasteiger partial charge on any atom is -0.481 e. The van der Waals surface area contributed by atoms with E-state index in [-0.39, 0.29) is 17.1 Å². The molecule has 1 aromatic carbocycles. The number of carboxylic acids is 1. The minimum atomic E-state index is -1.12. The zero-order valence-corrected chi connectivity index (χ0v) is 11.7. The number of hydrogen-bond acceptors (Lipinski definition) is 2. The summed E-state index contributed by atoms with van der Waals surface area (Å²) in [5, 5.41) is 9.83. The van der Waals surface area contributed by atoms with Crippen molar-refractivity contribution in [1.82, 2.24) is 4.98 Å². The molecule has 0 aliphatic rings. The monoisotopic (exact) mass is 313 g/mol. The van der Waals surface area contributed by atoms with E-state index in [1.54, 1.807) is 6.07 Å². The highest BCUT2D eigenvalue weighted by molar-refractivity contribution is 6.34. The van der Waals surface area contributed by atoms with Gasteiger partial charge >= 0.3 is 5.97 Å². The van der Waals surface area contributed by atoms with Crippen molar-refractivity contribution < 1.29 is 14.3 Å². The molecule has 1 aromatic heterocycles. The van der Waals surface area contributed by atoms with Gasteiger partial charge in [-0.2, -0.15) is 0 Å². The van der Waals surface area contributed by atoms with Crippen LogP contribution in [-0.2, 0) is 11.2 Å². The Morgan fingerprint density at radius 1 is 1.35 bits per heavy atom. The van der Waals surface area contributed by atoms with Gasteiger partial charge in [0.25, 0.3) is 0 Å². The highest BCUT2D eigenvalue weighted by Gasteiger charge is 2.24. The van der Waals surface area contributed by atoms with Gasteiger partial charge in [0.2, 0.25) is 0 Å². The standard InChI is InChI=1S/C14H10Cl2FNO2/c15-11-6-13(16)18-7-8(11)5-10(14(19)20)9-3-1-2-4-12(9)17/h1-4,6-7,10H,5H2,(H,19,20). The molecule has 1 heterocycles. The Bertz CT molecular complexity index is 649. The number of carboxylic acid groups (broad SMARTS) is 1. The second-order valence-corrected chi connectivity index (χ2v) is 5.01. The third-order valence-corrected chi connectivity index (χ3v) is 3.46. The molecule has 20 heavy (non-hydrogen) atoms. The van der Waals surface area contributed by atoms with Gasteiger partial charge in [-0.1, -0.05) is 41.4 Å². The topological polar surface area (TPSA) is 50.2 Å². The van der Waals surface area contributed by atoms with E-state index >= 15 is 0 Å². The molecular formula is C14H10Cl2FNO2. The lowest BCUT2D eigenvalue weighted by atomic mass is 9.92. The molecule has 1 unspecified atom stereocenters. The van der Waals surface area contributed by atoms with Crippen molar-refractivity contribution in [2.75, 3.05) is 0 Å². The summed E-state index contributed by atoms with van der Waals surface area (Å²) in [6.07, 6.45) is 1.45. The van der Waals surface area contributed by atoms with Gasteiger partial charge in [-0.3, -0.25) is 4.79 Å². The van der Waals surface area contributed by atoms with Gasteiger partial charge in [-0.25, -0.2) is 9.37 Å². The second-order valence-electron chi connectivity index (χ2n) is 4.21. The van der Waals surface area contributed by atoms with Crippen LogP contribution in [0.25, 0.3) is 0 Å². The van der Waals surface area contributed by atoms with Crippen LogP contribution in [0.5, 0.6) is 0 Å². The van der Waals surface area contributed by atoms with Crippen molar-refractivity contribution in [3.05, 3.63) is 63.6 Å². The summed E-state index contributed by atoms with van der Waals surface area (Å²) in [7, 11) is 0. The number of aromatic nitrogens is 1. The lowest BCUT2D eigenvalue weighted by molar-refractivity contribution is -0.138. The number of benzene rings is 1. The number of halogens is 3. The quantitative estimate of drug-likeness (QED) is 0.870. The number of aliphatic carboxylic acids is 1. The van der Waals surface area contributed by atoms with E-state index in [1.165, 1.54) is 30.5 Å². The Hall–Kier alpha value is -1.65. The first-order valence-corrected chi connectivity index (χ1v) is 6.51. The van der Waals surface area contributed by atoms with Crippen LogP contribution in [0, 0.1) is 5.82 Å². The summed E-state index contributed by atoms with van der Waals surface area (Å²) in [6, 6.07) is 7.21. The number of rotatable bonds is 4. The van der Waals surface area contributed by atoms with E-state index in [0.29, 0.717) is 10.6 Å². The predicted molar refractivity (Wildman–Crippen MR) is 74.7 cm³/mol. The number of hydrogen-bond donors (Lipinski definition) is 1. The summed E-state index contributed by atoms with van der Waals surface area (Å²) in [6.45, 7) is 0. The first-order chi connectivity index (χ1) is 9.49. The summed E-state index contributed by atoms with van der Waals surface area (Å²) in [4.78, 5) is 15.2. The van der Waals surface area contributed by atoms with Crippen LogP contribution in [0.1, 0.15) is 17.0 Å². The molecule has 0 fully saturated rings. The highest BCUT2D eigenvalue weighted by atomic mass is 35.5. The van der Waals surface area contributed by atoms with Gasteiger partial charge in [0.1, 0.15) is 11.0 Å². The van der Waals surface area contributed by atoms with Crippen molar-refractivity contribution in [3.63, 3.8) is 0 Å². The lowest BCUT2D eigenvalue weighted by Gasteiger charge is -2.14. The molecule has 0 aliphatic carbocycles. The summed E-state index contributed by atoms with van der Waals surface area (Å²) < 4.78 is 13.7. The molecule has 0 bridgehead atoms. The molecule has 6 heteroatoms. The first kappa shape index (κ1) is 14.8. The smallest absolute Gasteiger partial charge is 0.311 e. The Kier molecular flexibility index (Phi) is 4.57. The van der Waals surface area contributed by atoms with E-state index in [0.717, 1.165) is 0 Å². The van der Waals surface area contributed by atoms with Gasteiger partial charge in [0.05, 0.1) is 5.92 Å². The molecule has 2 rings (SSSR count). The Morgan fingerprint density at radius 2 is 2.05 bits per heavy atom. The number of nitrogens with zero attached hydrogens (tertiary/aromatic N) is 1. The number of carbonyl (C=O) groups is 1. The molecule has 0 amide bonds. The fraction of sp³-hybridized carbons (Fsp3) is 0.143. The zero-order chi connectivity index (χ0) is 14.7. The number of pyridine rings is 1. The van der Waals surface area contributed by atoms with Gasteiger partial charge in [-0.15, -0.1) is 0 Å². The van der Waals surface area contributed by atoms with Crippen molar-refractivity contribution in [3.8, 4) is 0 Å². The van der Waals surface area contributed by atoms with Crippen molar-refractivity contribution >= 4 is 29.2 Å². The molecule has 0 saturated heterocycles. The van der Waals surface area contributed by atoms with E-state index in [2.05, 4.69) is 4.98 Å². The molecule has 3 nitrogen and oxygen atoms in total. The molecule has 1 N–H and O–H groups in total. The lowest BCUT2D eigenvalue weighted by Crippen LogP contribution is -2.16. The molecule has 0 radical (unpaired) electrons. The molecular weight excluding hydrogens is 304 g/mol. The third kappa shape index (κ3) is 3.26. The third-order valence-electron chi connectivity index (χ3n) is 2.90. The molecule has 0 spiro atoms. The maximum absolute atomic E-state index is 13.7. The zero-order valence-electron chi connectivity index (χ0n) is 10.2. The molecule has 2 aromatic rings. The molecule has 0 saturated carbocycles. The van der Waals surface area contributed by atoms with Crippen molar-refractivity contribution in [2.24, 2.45) is 0 Å². The second kappa shape index (κ2) is 6.20. The van der Waals surface area contributed by atoms with Crippen LogP contribution < -0.4 is 0 Å². The summed E-state index contributed by atoms with van der Waals surface area (Å²) >= 11 is 11.7. The van der Waals surface area contributed by atoms with Gasteiger partial charge in [0.15, 0.2) is 0 Å². The van der Waals surface area contributed by atoms with Crippen molar-refractivity contribution in [1.29, 1.82) is 0 Å². The first-order valence-electron chi connectivity index (χ1n) is 5.76. The Balaban J connectivity index is 2.36. The molecule has 0 aliphatic heterocycles. The average Bonchev–Trinajstić information content (AvgIpc) is 2.39. The fourth-order valence-corrected chi connectivity index (χ4v) is 2.34. The van der Waals surface area contributed by atoms with Crippen LogP contribution >= 0.6 is 23.2 Å². The molecule has 104 valence electrons. The predicted octanol–water partition coefficient (Wildman–Crippen LogP) is 3.94. The minimum absolute atomic E-state index is 0.0409. The van der Waals surface area contributed by atoms with Crippen LogP contribution in [0.2, 0.25) is 10.2 Å². The molecule has 1 atom stereocenters. The van der Waals surface area contributed by atoms with Crippen LogP contribution in [0.15, 0.2) is 36.5 Å². The van der Waals surface area contributed by atoms with E-state index in [1.807, 2.05) is 0 Å². The fourth-order valence-electron chi connectivity index (χ4n) is 1.89. The van der Waals surface area contributed by atoms with Crippen LogP contribution in [0.3, 0.4) is 0 Å². The van der Waals surface area contributed by atoms with E-state index < -0.39 is 17.7 Å². The largest absolute Gasteiger partial charge is 0.481 e. The highest BCUT2D eigenvalue weighted by Crippen LogP contribution is 2.27. The average molecular weight is 314 g/mol. The van der Waals surface area contributed by atoms with Crippen LogP contribution in [-0.4, -0.2) is 16.1 Å². The maximum atomic E-state index is 13.7. The van der Waals surface area contributed by atoms with Gasteiger partial charge in [-0.05, 0) is 24.1 Å². The normalized spacial score (nSPS) is 12.2. The van der Waals surface area contributed by atoms with Crippen LogP contribution in [0.4, 0.5) is 4.39 Å².